The third-order valence-corrected chi connectivity index (χ3v) is 4.64. The van der Waals surface area contributed by atoms with Gasteiger partial charge in [-0.2, -0.15) is 0 Å². The van der Waals surface area contributed by atoms with Gasteiger partial charge in [0.1, 0.15) is 23.7 Å². The highest BCUT2D eigenvalue weighted by atomic mass is 19.2. The van der Waals surface area contributed by atoms with Crippen LogP contribution in [-0.4, -0.2) is 47.0 Å². The van der Waals surface area contributed by atoms with Crippen molar-refractivity contribution in [1.82, 2.24) is 15.0 Å². The van der Waals surface area contributed by atoms with E-state index in [4.69, 9.17) is 0 Å². The fraction of sp³-hybridized carbons (Fsp3) is 0.200. The van der Waals surface area contributed by atoms with Crippen molar-refractivity contribution in [2.24, 2.45) is 0 Å². The Bertz CT molecular complexity index is 1010. The first-order valence-electron chi connectivity index (χ1n) is 9.09. The van der Waals surface area contributed by atoms with Gasteiger partial charge < -0.3 is 15.1 Å². The van der Waals surface area contributed by atoms with Gasteiger partial charge in [-0.3, -0.25) is 4.79 Å². The summed E-state index contributed by atoms with van der Waals surface area (Å²) in [5, 5.41) is 2.51. The number of hydrogen-bond acceptors (Lipinski definition) is 6. The zero-order valence-electron chi connectivity index (χ0n) is 15.4. The molecule has 1 aliphatic rings. The predicted molar refractivity (Wildman–Crippen MR) is 105 cm³/mol. The Kier molecular flexibility index (Phi) is 5.28. The molecule has 2 aromatic heterocycles. The van der Waals surface area contributed by atoms with Crippen LogP contribution in [0, 0.1) is 11.6 Å². The van der Waals surface area contributed by atoms with E-state index in [9.17, 15) is 13.6 Å². The van der Waals surface area contributed by atoms with E-state index in [1.54, 1.807) is 12.3 Å². The van der Waals surface area contributed by atoms with Crippen LogP contribution in [0.1, 0.15) is 10.5 Å². The molecule has 0 unspecified atom stereocenters. The number of nitrogens with zero attached hydrogens (tertiary/aromatic N) is 5. The zero-order chi connectivity index (χ0) is 20.2. The minimum absolute atomic E-state index is 0.145. The summed E-state index contributed by atoms with van der Waals surface area (Å²) >= 11 is 0. The van der Waals surface area contributed by atoms with Crippen LogP contribution in [0.25, 0.3) is 0 Å². The summed E-state index contributed by atoms with van der Waals surface area (Å²) in [4.78, 5) is 29.3. The Morgan fingerprint density at radius 2 is 1.62 bits per heavy atom. The second-order valence-corrected chi connectivity index (χ2v) is 6.51. The minimum atomic E-state index is -1.03. The summed E-state index contributed by atoms with van der Waals surface area (Å²) in [5.41, 5.74) is 0.296. The van der Waals surface area contributed by atoms with Crippen LogP contribution in [0.15, 0.2) is 55.0 Å². The van der Waals surface area contributed by atoms with Gasteiger partial charge in [0.2, 0.25) is 0 Å². The monoisotopic (exact) mass is 396 g/mol. The van der Waals surface area contributed by atoms with E-state index in [1.165, 1.54) is 12.4 Å². The first-order valence-corrected chi connectivity index (χ1v) is 9.09. The van der Waals surface area contributed by atoms with Crippen molar-refractivity contribution < 1.29 is 13.6 Å². The number of piperazine rings is 1. The number of benzene rings is 1. The Morgan fingerprint density at radius 3 is 2.31 bits per heavy atom. The third-order valence-electron chi connectivity index (χ3n) is 4.64. The molecule has 0 bridgehead atoms. The number of rotatable bonds is 4. The molecule has 0 saturated carbocycles. The average Bonchev–Trinajstić information content (AvgIpc) is 2.77. The molecule has 3 heterocycles. The van der Waals surface area contributed by atoms with Crippen molar-refractivity contribution in [2.45, 2.75) is 0 Å². The molecule has 29 heavy (non-hydrogen) atoms. The van der Waals surface area contributed by atoms with Gasteiger partial charge >= 0.3 is 0 Å². The lowest BCUT2D eigenvalue weighted by Crippen LogP contribution is -2.47. The number of carbonyl (C=O) groups excluding carboxylic acids is 1. The van der Waals surface area contributed by atoms with Gasteiger partial charge in [0.05, 0.1) is 0 Å². The predicted octanol–water partition coefficient (Wildman–Crippen LogP) is 2.73. The summed E-state index contributed by atoms with van der Waals surface area (Å²) in [5.74, 6) is -0.960. The minimum Gasteiger partial charge on any atom is -0.353 e. The van der Waals surface area contributed by atoms with Gasteiger partial charge in [-0.25, -0.2) is 23.7 Å². The van der Waals surface area contributed by atoms with E-state index < -0.39 is 17.5 Å². The SMILES string of the molecule is O=C(Nc1ccc(F)c(F)c1)c1cc(N2CCN(c3ccccn3)CC2)ncn1. The molecule has 0 atom stereocenters. The molecule has 1 amide bonds. The van der Waals surface area contributed by atoms with Gasteiger partial charge in [-0.05, 0) is 24.3 Å². The lowest BCUT2D eigenvalue weighted by Gasteiger charge is -2.36. The van der Waals surface area contributed by atoms with Crippen LogP contribution < -0.4 is 15.1 Å². The lowest BCUT2D eigenvalue weighted by atomic mass is 10.2. The summed E-state index contributed by atoms with van der Waals surface area (Å²) in [6.07, 6.45) is 3.09. The number of hydrogen-bond donors (Lipinski definition) is 1. The van der Waals surface area contributed by atoms with Crippen molar-refractivity contribution in [3.05, 3.63) is 72.3 Å². The first-order chi connectivity index (χ1) is 14.1. The highest BCUT2D eigenvalue weighted by molar-refractivity contribution is 6.03. The van der Waals surface area contributed by atoms with Crippen molar-refractivity contribution in [2.75, 3.05) is 41.3 Å². The molecule has 1 aliphatic heterocycles. The van der Waals surface area contributed by atoms with E-state index in [1.807, 2.05) is 18.2 Å². The molecule has 3 aromatic rings. The van der Waals surface area contributed by atoms with Gasteiger partial charge in [-0.1, -0.05) is 6.07 Å². The third kappa shape index (κ3) is 4.29. The Morgan fingerprint density at radius 1 is 0.862 bits per heavy atom. The van der Waals surface area contributed by atoms with Gasteiger partial charge in [0.15, 0.2) is 11.6 Å². The van der Waals surface area contributed by atoms with Crippen molar-refractivity contribution in [1.29, 1.82) is 0 Å². The Labute approximate surface area is 166 Å². The molecule has 9 heteroatoms. The first kappa shape index (κ1) is 18.7. The maximum atomic E-state index is 13.3. The number of nitrogens with one attached hydrogen (secondary N) is 1. The number of anilines is 3. The molecule has 148 valence electrons. The molecule has 1 aromatic carbocycles. The highest BCUT2D eigenvalue weighted by Gasteiger charge is 2.20. The molecule has 4 rings (SSSR count). The second kappa shape index (κ2) is 8.17. The topological polar surface area (TPSA) is 74.2 Å². The van der Waals surface area contributed by atoms with E-state index in [2.05, 4.69) is 30.1 Å². The van der Waals surface area contributed by atoms with Crippen LogP contribution in [0.3, 0.4) is 0 Å². The molecule has 1 saturated heterocycles. The maximum Gasteiger partial charge on any atom is 0.274 e. The number of halogens is 2. The van der Waals surface area contributed by atoms with Crippen molar-refractivity contribution in [3.8, 4) is 0 Å². The number of aromatic nitrogens is 3. The molecule has 1 fully saturated rings. The maximum absolute atomic E-state index is 13.3. The van der Waals surface area contributed by atoms with Crippen LogP contribution >= 0.6 is 0 Å². The number of amides is 1. The van der Waals surface area contributed by atoms with E-state index in [-0.39, 0.29) is 11.4 Å². The highest BCUT2D eigenvalue weighted by Crippen LogP contribution is 2.19. The van der Waals surface area contributed by atoms with Crippen LogP contribution in [-0.2, 0) is 0 Å². The smallest absolute Gasteiger partial charge is 0.274 e. The Balaban J connectivity index is 1.42. The van der Waals surface area contributed by atoms with Gasteiger partial charge in [0.25, 0.3) is 5.91 Å². The average molecular weight is 396 g/mol. The van der Waals surface area contributed by atoms with Crippen LogP contribution in [0.4, 0.5) is 26.1 Å². The number of carbonyl (C=O) groups is 1. The van der Waals surface area contributed by atoms with Gasteiger partial charge in [0, 0.05) is 50.2 Å². The second-order valence-electron chi connectivity index (χ2n) is 6.51. The molecule has 0 radical (unpaired) electrons. The molecule has 0 spiro atoms. The standard InChI is InChI=1S/C20H18F2N6O/c21-15-5-4-14(11-16(15)22)26-20(29)17-12-19(25-13-24-17)28-9-7-27(8-10-28)18-3-1-2-6-23-18/h1-6,11-13H,7-10H2,(H,26,29). The number of pyridine rings is 1. The van der Waals surface area contributed by atoms with Crippen LogP contribution in [0.2, 0.25) is 0 Å². The summed E-state index contributed by atoms with van der Waals surface area (Å²) in [6, 6.07) is 10.6. The normalized spacial score (nSPS) is 14.0. The molecular formula is C20H18F2N6O. The lowest BCUT2D eigenvalue weighted by molar-refractivity contribution is 0.102. The van der Waals surface area contributed by atoms with Crippen molar-refractivity contribution in [3.63, 3.8) is 0 Å². The molecule has 0 aliphatic carbocycles. The summed E-state index contributed by atoms with van der Waals surface area (Å²) in [6.45, 7) is 2.99. The molecular weight excluding hydrogens is 378 g/mol. The molecule has 1 N–H and O–H groups in total. The summed E-state index contributed by atoms with van der Waals surface area (Å²) in [7, 11) is 0. The zero-order valence-corrected chi connectivity index (χ0v) is 15.4. The quantitative estimate of drug-likeness (QED) is 0.731. The largest absolute Gasteiger partial charge is 0.353 e. The van der Waals surface area contributed by atoms with E-state index in [0.717, 1.165) is 44.1 Å². The van der Waals surface area contributed by atoms with Gasteiger partial charge in [-0.15, -0.1) is 0 Å². The fourth-order valence-corrected chi connectivity index (χ4v) is 3.12. The van der Waals surface area contributed by atoms with Crippen LogP contribution in [0.5, 0.6) is 0 Å². The van der Waals surface area contributed by atoms with Crippen molar-refractivity contribution >= 4 is 23.2 Å². The fourth-order valence-electron chi connectivity index (χ4n) is 3.12. The Hall–Kier alpha value is -3.62. The molecule has 7 nitrogen and oxygen atoms in total. The summed E-state index contributed by atoms with van der Waals surface area (Å²) < 4.78 is 26.4. The van der Waals surface area contributed by atoms with E-state index >= 15 is 0 Å². The van der Waals surface area contributed by atoms with E-state index in [0.29, 0.717) is 5.82 Å².